The van der Waals surface area contributed by atoms with Crippen LogP contribution in [0.25, 0.3) is 0 Å². The van der Waals surface area contributed by atoms with Gasteiger partial charge in [-0.3, -0.25) is 9.69 Å². The first kappa shape index (κ1) is 14.3. The van der Waals surface area contributed by atoms with Crippen LogP contribution in [0.15, 0.2) is 18.3 Å². The number of pyridine rings is 1. The first-order chi connectivity index (χ1) is 10.2. The smallest absolute Gasteiger partial charge is 0.220 e. The van der Waals surface area contributed by atoms with Gasteiger partial charge in [-0.15, -0.1) is 0 Å². The zero-order valence-electron chi connectivity index (χ0n) is 12.6. The Balaban J connectivity index is 1.55. The van der Waals surface area contributed by atoms with Gasteiger partial charge in [0.2, 0.25) is 5.91 Å². The molecule has 0 spiro atoms. The van der Waals surface area contributed by atoms with E-state index in [1.807, 2.05) is 12.3 Å². The fourth-order valence-corrected chi connectivity index (χ4v) is 3.39. The number of fused-ring (bicyclic) bond motifs is 1. The van der Waals surface area contributed by atoms with Crippen molar-refractivity contribution in [3.8, 4) is 0 Å². The van der Waals surface area contributed by atoms with Crippen LogP contribution in [0.1, 0.15) is 31.7 Å². The quantitative estimate of drug-likeness (QED) is 0.884. The molecule has 2 aliphatic rings. The number of rotatable bonds is 4. The summed E-state index contributed by atoms with van der Waals surface area (Å²) in [5, 5.41) is 6.35. The van der Waals surface area contributed by atoms with Gasteiger partial charge in [-0.05, 0) is 37.3 Å². The van der Waals surface area contributed by atoms with E-state index in [9.17, 15) is 4.79 Å². The SMILES string of the molecule is CCNc1ccc(CN2CCC3NC(=O)CCC3C2)cn1. The normalized spacial score (nSPS) is 26.0. The molecule has 2 atom stereocenters. The van der Waals surface area contributed by atoms with Crippen molar-refractivity contribution in [3.05, 3.63) is 23.9 Å². The molecule has 114 valence electrons. The highest BCUT2D eigenvalue weighted by Crippen LogP contribution is 2.26. The number of piperidine rings is 2. The number of likely N-dealkylation sites (tertiary alicyclic amines) is 1. The lowest BCUT2D eigenvalue weighted by Crippen LogP contribution is -2.53. The molecule has 2 N–H and O–H groups in total. The monoisotopic (exact) mass is 288 g/mol. The molecule has 2 fully saturated rings. The summed E-state index contributed by atoms with van der Waals surface area (Å²) in [5.41, 5.74) is 1.26. The second kappa shape index (κ2) is 6.43. The molecular weight excluding hydrogens is 264 g/mol. The van der Waals surface area contributed by atoms with Gasteiger partial charge in [0, 0.05) is 44.8 Å². The van der Waals surface area contributed by atoms with Crippen LogP contribution in [0, 0.1) is 5.92 Å². The number of hydrogen-bond donors (Lipinski definition) is 2. The topological polar surface area (TPSA) is 57.3 Å². The van der Waals surface area contributed by atoms with Crippen LogP contribution in [0.2, 0.25) is 0 Å². The number of nitrogens with one attached hydrogen (secondary N) is 2. The molecule has 21 heavy (non-hydrogen) atoms. The van der Waals surface area contributed by atoms with E-state index in [2.05, 4.69) is 33.5 Å². The van der Waals surface area contributed by atoms with E-state index in [4.69, 9.17) is 0 Å². The predicted octanol–water partition coefficient (Wildman–Crippen LogP) is 1.61. The number of carbonyl (C=O) groups is 1. The highest BCUT2D eigenvalue weighted by molar-refractivity contribution is 5.77. The lowest BCUT2D eigenvalue weighted by molar-refractivity contribution is -0.125. The molecule has 1 amide bonds. The number of aromatic nitrogens is 1. The molecule has 0 aliphatic carbocycles. The number of anilines is 1. The van der Waals surface area contributed by atoms with Gasteiger partial charge in [0.25, 0.3) is 0 Å². The molecular formula is C16H24N4O. The van der Waals surface area contributed by atoms with E-state index in [0.717, 1.165) is 44.8 Å². The molecule has 1 aromatic heterocycles. The maximum atomic E-state index is 11.4. The standard InChI is InChI=1S/C16H24N4O/c1-2-17-15-5-3-12(9-18-15)10-20-8-7-14-13(11-20)4-6-16(21)19-14/h3,5,9,13-14H,2,4,6-8,10-11H2,1H3,(H,17,18)(H,19,21). The summed E-state index contributed by atoms with van der Waals surface area (Å²) in [5.74, 6) is 1.79. The molecule has 5 nitrogen and oxygen atoms in total. The molecule has 0 bridgehead atoms. The minimum atomic E-state index is 0.230. The maximum Gasteiger partial charge on any atom is 0.220 e. The van der Waals surface area contributed by atoms with Crippen molar-refractivity contribution in [2.45, 2.75) is 38.8 Å². The summed E-state index contributed by atoms with van der Waals surface area (Å²) in [6, 6.07) is 4.60. The Bertz CT molecular complexity index is 488. The van der Waals surface area contributed by atoms with E-state index in [1.54, 1.807) is 0 Å². The second-order valence-electron chi connectivity index (χ2n) is 6.08. The largest absolute Gasteiger partial charge is 0.370 e. The van der Waals surface area contributed by atoms with E-state index >= 15 is 0 Å². The van der Waals surface area contributed by atoms with E-state index in [1.165, 1.54) is 5.56 Å². The van der Waals surface area contributed by atoms with Crippen LogP contribution in [-0.4, -0.2) is 41.5 Å². The predicted molar refractivity (Wildman–Crippen MR) is 82.9 cm³/mol. The van der Waals surface area contributed by atoms with Crippen molar-refractivity contribution in [1.82, 2.24) is 15.2 Å². The summed E-state index contributed by atoms with van der Waals surface area (Å²) >= 11 is 0. The van der Waals surface area contributed by atoms with Gasteiger partial charge in [0.1, 0.15) is 5.82 Å². The third-order valence-corrected chi connectivity index (χ3v) is 4.50. The zero-order chi connectivity index (χ0) is 14.7. The minimum Gasteiger partial charge on any atom is -0.370 e. The Kier molecular flexibility index (Phi) is 4.39. The maximum absolute atomic E-state index is 11.4. The molecule has 0 saturated carbocycles. The Morgan fingerprint density at radius 3 is 3.10 bits per heavy atom. The molecule has 2 saturated heterocycles. The van der Waals surface area contributed by atoms with Crippen LogP contribution < -0.4 is 10.6 Å². The molecule has 3 rings (SSSR count). The summed E-state index contributed by atoms with van der Waals surface area (Å²) < 4.78 is 0. The molecule has 0 aromatic carbocycles. The highest BCUT2D eigenvalue weighted by Gasteiger charge is 2.33. The first-order valence-electron chi connectivity index (χ1n) is 7.95. The Labute approximate surface area is 126 Å². The van der Waals surface area contributed by atoms with Gasteiger partial charge >= 0.3 is 0 Å². The van der Waals surface area contributed by atoms with Gasteiger partial charge in [0.05, 0.1) is 0 Å². The van der Waals surface area contributed by atoms with Gasteiger partial charge in [-0.2, -0.15) is 0 Å². The van der Waals surface area contributed by atoms with Crippen molar-refractivity contribution in [2.75, 3.05) is 25.0 Å². The van der Waals surface area contributed by atoms with Crippen LogP contribution in [-0.2, 0) is 11.3 Å². The minimum absolute atomic E-state index is 0.230. The molecule has 1 aromatic rings. The molecule has 2 unspecified atom stereocenters. The van der Waals surface area contributed by atoms with Crippen molar-refractivity contribution in [3.63, 3.8) is 0 Å². The zero-order valence-corrected chi connectivity index (χ0v) is 12.6. The van der Waals surface area contributed by atoms with E-state index in [-0.39, 0.29) is 5.91 Å². The van der Waals surface area contributed by atoms with Crippen LogP contribution in [0.4, 0.5) is 5.82 Å². The third-order valence-electron chi connectivity index (χ3n) is 4.50. The van der Waals surface area contributed by atoms with Crippen molar-refractivity contribution in [1.29, 1.82) is 0 Å². The van der Waals surface area contributed by atoms with Gasteiger partial charge in [-0.1, -0.05) is 6.07 Å². The highest BCUT2D eigenvalue weighted by atomic mass is 16.1. The van der Waals surface area contributed by atoms with Gasteiger partial charge in [0.15, 0.2) is 0 Å². The number of nitrogens with zero attached hydrogens (tertiary/aromatic N) is 2. The summed E-state index contributed by atoms with van der Waals surface area (Å²) in [7, 11) is 0. The summed E-state index contributed by atoms with van der Waals surface area (Å²) in [6.45, 7) is 6.06. The van der Waals surface area contributed by atoms with Crippen LogP contribution in [0.3, 0.4) is 0 Å². The molecule has 0 radical (unpaired) electrons. The fourth-order valence-electron chi connectivity index (χ4n) is 3.39. The van der Waals surface area contributed by atoms with Gasteiger partial charge in [-0.25, -0.2) is 4.98 Å². The average molecular weight is 288 g/mol. The second-order valence-corrected chi connectivity index (χ2v) is 6.08. The van der Waals surface area contributed by atoms with Crippen LogP contribution >= 0.6 is 0 Å². The van der Waals surface area contributed by atoms with E-state index < -0.39 is 0 Å². The Morgan fingerprint density at radius 1 is 1.43 bits per heavy atom. The van der Waals surface area contributed by atoms with E-state index in [0.29, 0.717) is 18.4 Å². The third kappa shape index (κ3) is 3.53. The lowest BCUT2D eigenvalue weighted by Gasteiger charge is -2.41. The van der Waals surface area contributed by atoms with Crippen LogP contribution in [0.5, 0.6) is 0 Å². The average Bonchev–Trinajstić information content (AvgIpc) is 2.50. The lowest BCUT2D eigenvalue weighted by atomic mass is 9.85. The number of carbonyl (C=O) groups excluding carboxylic acids is 1. The Hall–Kier alpha value is -1.62. The summed E-state index contributed by atoms with van der Waals surface area (Å²) in [4.78, 5) is 18.4. The molecule has 2 aliphatic heterocycles. The fraction of sp³-hybridized carbons (Fsp3) is 0.625. The van der Waals surface area contributed by atoms with Crippen molar-refractivity contribution >= 4 is 11.7 Å². The van der Waals surface area contributed by atoms with Crippen molar-refractivity contribution < 1.29 is 4.79 Å². The molecule has 5 heteroatoms. The number of amides is 1. The molecule has 3 heterocycles. The van der Waals surface area contributed by atoms with Crippen molar-refractivity contribution in [2.24, 2.45) is 5.92 Å². The summed E-state index contributed by atoms with van der Waals surface area (Å²) in [6.07, 6.45) is 4.75. The number of hydrogen-bond acceptors (Lipinski definition) is 4. The van der Waals surface area contributed by atoms with Gasteiger partial charge < -0.3 is 10.6 Å². The Morgan fingerprint density at radius 2 is 2.33 bits per heavy atom. The first-order valence-corrected chi connectivity index (χ1v) is 7.95.